The molecule has 2 aromatic rings. The number of aromatic amines is 1. The lowest BCUT2D eigenvalue weighted by Crippen LogP contribution is -2.42. The second-order valence-corrected chi connectivity index (χ2v) is 4.48. The van der Waals surface area contributed by atoms with Crippen molar-refractivity contribution < 1.29 is 14.7 Å². The first-order chi connectivity index (χ1) is 10.1. The molecule has 0 saturated heterocycles. The predicted octanol–water partition coefficient (Wildman–Crippen LogP) is 0.801. The van der Waals surface area contributed by atoms with E-state index in [1.807, 2.05) is 6.07 Å². The van der Waals surface area contributed by atoms with Gasteiger partial charge < -0.3 is 15.4 Å². The maximum atomic E-state index is 12.0. The van der Waals surface area contributed by atoms with Gasteiger partial charge in [0, 0.05) is 12.5 Å². The van der Waals surface area contributed by atoms with Crippen LogP contribution in [0, 0.1) is 0 Å². The number of H-pyrrole nitrogens is 1. The van der Waals surface area contributed by atoms with Gasteiger partial charge in [-0.25, -0.2) is 4.79 Å². The topological polar surface area (TPSA) is 99.3 Å². The fourth-order valence-electron chi connectivity index (χ4n) is 1.87. The average Bonchev–Trinajstić information content (AvgIpc) is 2.47. The molecule has 1 heterocycles. The third-order valence-electron chi connectivity index (χ3n) is 2.90. The molecule has 1 amide bonds. The molecule has 21 heavy (non-hydrogen) atoms. The van der Waals surface area contributed by atoms with E-state index < -0.39 is 23.5 Å². The van der Waals surface area contributed by atoms with E-state index in [-0.39, 0.29) is 12.1 Å². The molecule has 1 aromatic carbocycles. The van der Waals surface area contributed by atoms with Crippen LogP contribution in [0.5, 0.6) is 0 Å². The van der Waals surface area contributed by atoms with Crippen molar-refractivity contribution >= 4 is 11.9 Å². The second kappa shape index (κ2) is 6.51. The number of benzene rings is 1. The standard InChI is InChI=1S/C15H14N2O4/c18-13-8-4-7-11(16-13)14(19)17-12(15(20)21)9-10-5-2-1-3-6-10/h1-8,12H,9H2,(H,16,18)(H,17,19)(H,20,21)/t12-/m0/s1. The first-order valence-corrected chi connectivity index (χ1v) is 6.33. The van der Waals surface area contributed by atoms with Crippen LogP contribution < -0.4 is 10.9 Å². The number of amides is 1. The number of carbonyl (C=O) groups is 2. The summed E-state index contributed by atoms with van der Waals surface area (Å²) in [5.74, 6) is -1.76. The highest BCUT2D eigenvalue weighted by Crippen LogP contribution is 2.04. The van der Waals surface area contributed by atoms with E-state index in [1.165, 1.54) is 18.2 Å². The largest absolute Gasteiger partial charge is 0.480 e. The summed E-state index contributed by atoms with van der Waals surface area (Å²) in [6, 6.07) is 12.0. The van der Waals surface area contributed by atoms with Crippen molar-refractivity contribution in [2.75, 3.05) is 0 Å². The van der Waals surface area contributed by atoms with Gasteiger partial charge in [-0.2, -0.15) is 0 Å². The molecule has 0 spiro atoms. The van der Waals surface area contributed by atoms with Gasteiger partial charge >= 0.3 is 5.97 Å². The van der Waals surface area contributed by atoms with Crippen molar-refractivity contribution in [3.8, 4) is 0 Å². The smallest absolute Gasteiger partial charge is 0.326 e. The van der Waals surface area contributed by atoms with Gasteiger partial charge in [0.15, 0.2) is 0 Å². The van der Waals surface area contributed by atoms with E-state index in [9.17, 15) is 19.5 Å². The molecule has 0 fully saturated rings. The minimum absolute atomic E-state index is 0.0295. The minimum Gasteiger partial charge on any atom is -0.480 e. The minimum atomic E-state index is -1.13. The lowest BCUT2D eigenvalue weighted by molar-refractivity contribution is -0.139. The Kier molecular flexibility index (Phi) is 4.50. The Balaban J connectivity index is 2.11. The Labute approximate surface area is 120 Å². The van der Waals surface area contributed by atoms with Crippen LogP contribution in [-0.2, 0) is 11.2 Å². The molecule has 0 aliphatic carbocycles. The van der Waals surface area contributed by atoms with Gasteiger partial charge in [0.25, 0.3) is 5.91 Å². The quantitative estimate of drug-likeness (QED) is 0.757. The lowest BCUT2D eigenvalue weighted by Gasteiger charge is -2.14. The maximum Gasteiger partial charge on any atom is 0.326 e. The van der Waals surface area contributed by atoms with Crippen molar-refractivity contribution in [3.05, 3.63) is 70.1 Å². The molecule has 3 N–H and O–H groups in total. The molecule has 0 bridgehead atoms. The van der Waals surface area contributed by atoms with Gasteiger partial charge in [0.2, 0.25) is 5.56 Å². The van der Waals surface area contributed by atoms with Gasteiger partial charge in [-0.15, -0.1) is 0 Å². The number of carbonyl (C=O) groups excluding carboxylic acids is 1. The van der Waals surface area contributed by atoms with Crippen molar-refractivity contribution in [1.29, 1.82) is 0 Å². The number of pyridine rings is 1. The molecule has 0 unspecified atom stereocenters. The summed E-state index contributed by atoms with van der Waals surface area (Å²) in [4.78, 5) is 36.7. The normalized spacial score (nSPS) is 11.6. The number of carboxylic acids is 1. The Hall–Kier alpha value is -2.89. The number of rotatable bonds is 5. The van der Waals surface area contributed by atoms with Gasteiger partial charge in [-0.3, -0.25) is 9.59 Å². The molecule has 0 radical (unpaired) electrons. The third kappa shape index (κ3) is 4.04. The number of hydrogen-bond acceptors (Lipinski definition) is 3. The second-order valence-electron chi connectivity index (χ2n) is 4.48. The fraction of sp³-hybridized carbons (Fsp3) is 0.133. The average molecular weight is 286 g/mol. The molecule has 2 rings (SSSR count). The van der Waals surface area contributed by atoms with Gasteiger partial charge in [0.05, 0.1) is 0 Å². The number of aromatic nitrogens is 1. The molecular weight excluding hydrogens is 272 g/mol. The molecule has 0 aliphatic rings. The van der Waals surface area contributed by atoms with Crippen molar-refractivity contribution in [3.63, 3.8) is 0 Å². The number of carboxylic acid groups (broad SMARTS) is 1. The molecule has 6 heteroatoms. The first-order valence-electron chi connectivity index (χ1n) is 6.33. The zero-order chi connectivity index (χ0) is 15.2. The summed E-state index contributed by atoms with van der Waals surface area (Å²) in [6.45, 7) is 0. The Morgan fingerprint density at radius 3 is 2.43 bits per heavy atom. The van der Waals surface area contributed by atoms with E-state index in [1.54, 1.807) is 24.3 Å². The summed E-state index contributed by atoms with van der Waals surface area (Å²) in [5.41, 5.74) is 0.408. The number of aliphatic carboxylic acids is 1. The molecule has 1 atom stereocenters. The van der Waals surface area contributed by atoms with Gasteiger partial charge in [-0.1, -0.05) is 36.4 Å². The lowest BCUT2D eigenvalue weighted by atomic mass is 10.1. The van der Waals surface area contributed by atoms with Crippen molar-refractivity contribution in [2.24, 2.45) is 0 Å². The zero-order valence-electron chi connectivity index (χ0n) is 11.1. The predicted molar refractivity (Wildman–Crippen MR) is 76.1 cm³/mol. The van der Waals surface area contributed by atoms with E-state index in [0.29, 0.717) is 0 Å². The highest BCUT2D eigenvalue weighted by atomic mass is 16.4. The third-order valence-corrected chi connectivity index (χ3v) is 2.90. The van der Waals surface area contributed by atoms with Crippen LogP contribution in [0.2, 0.25) is 0 Å². The van der Waals surface area contributed by atoms with E-state index >= 15 is 0 Å². The van der Waals surface area contributed by atoms with E-state index in [0.717, 1.165) is 5.56 Å². The van der Waals surface area contributed by atoms with E-state index in [4.69, 9.17) is 0 Å². The van der Waals surface area contributed by atoms with Crippen LogP contribution in [0.1, 0.15) is 16.1 Å². The fourth-order valence-corrected chi connectivity index (χ4v) is 1.87. The zero-order valence-corrected chi connectivity index (χ0v) is 11.1. The molecular formula is C15H14N2O4. The van der Waals surface area contributed by atoms with E-state index in [2.05, 4.69) is 10.3 Å². The maximum absolute atomic E-state index is 12.0. The Morgan fingerprint density at radius 1 is 1.10 bits per heavy atom. The van der Waals surface area contributed by atoms with Crippen LogP contribution in [0.3, 0.4) is 0 Å². The summed E-state index contributed by atoms with van der Waals surface area (Å²) < 4.78 is 0. The van der Waals surface area contributed by atoms with Gasteiger partial charge in [-0.05, 0) is 11.6 Å². The number of nitrogens with one attached hydrogen (secondary N) is 2. The van der Waals surface area contributed by atoms with Crippen molar-refractivity contribution in [1.82, 2.24) is 10.3 Å². The summed E-state index contributed by atoms with van der Waals surface area (Å²) >= 11 is 0. The van der Waals surface area contributed by atoms with Crippen molar-refractivity contribution in [2.45, 2.75) is 12.5 Å². The summed E-state index contributed by atoms with van der Waals surface area (Å²) in [7, 11) is 0. The molecule has 0 saturated carbocycles. The Morgan fingerprint density at radius 2 is 1.81 bits per heavy atom. The summed E-state index contributed by atoms with van der Waals surface area (Å²) in [6.07, 6.45) is 0.166. The van der Waals surface area contributed by atoms with Gasteiger partial charge in [0.1, 0.15) is 11.7 Å². The molecule has 6 nitrogen and oxygen atoms in total. The highest BCUT2D eigenvalue weighted by molar-refractivity contribution is 5.94. The monoisotopic (exact) mass is 286 g/mol. The van der Waals surface area contributed by atoms with Crippen LogP contribution >= 0.6 is 0 Å². The SMILES string of the molecule is O=C(N[C@@H](Cc1ccccc1)C(=O)O)c1cccc(=O)[nH]1. The van der Waals surface area contributed by atoms with Crippen LogP contribution in [0.25, 0.3) is 0 Å². The molecule has 1 aromatic heterocycles. The molecule has 108 valence electrons. The van der Waals surface area contributed by atoms with Crippen LogP contribution in [0.4, 0.5) is 0 Å². The van der Waals surface area contributed by atoms with Crippen LogP contribution in [-0.4, -0.2) is 28.0 Å². The molecule has 0 aliphatic heterocycles. The summed E-state index contributed by atoms with van der Waals surface area (Å²) in [5, 5.41) is 11.6. The van der Waals surface area contributed by atoms with Crippen LogP contribution in [0.15, 0.2) is 53.3 Å². The first kappa shape index (κ1) is 14.5. The Bertz CT molecular complexity index is 694. The number of hydrogen-bond donors (Lipinski definition) is 3. The highest BCUT2D eigenvalue weighted by Gasteiger charge is 2.21.